The highest BCUT2D eigenvalue weighted by Gasteiger charge is 2.33. The summed E-state index contributed by atoms with van der Waals surface area (Å²) in [6.07, 6.45) is 4.38. The predicted octanol–water partition coefficient (Wildman–Crippen LogP) is 1.94. The van der Waals surface area contributed by atoms with Gasteiger partial charge in [0.05, 0.1) is 24.2 Å². The number of pyridine rings is 1. The van der Waals surface area contributed by atoms with E-state index in [1.807, 2.05) is 30.3 Å². The number of benzene rings is 1. The Balaban J connectivity index is 1.75. The van der Waals surface area contributed by atoms with Crippen LogP contribution >= 0.6 is 0 Å². The Bertz CT molecular complexity index is 911. The molecule has 0 saturated carbocycles. The molecule has 1 amide bonds. The van der Waals surface area contributed by atoms with Crippen LogP contribution in [0, 0.1) is 0 Å². The number of ether oxygens (including phenoxy) is 1. The van der Waals surface area contributed by atoms with Crippen LogP contribution < -0.4 is 4.74 Å². The number of carbonyl (C=O) groups excluding carboxylic acids is 1. The first-order chi connectivity index (χ1) is 12.4. The Morgan fingerprint density at radius 2 is 2.08 bits per heavy atom. The van der Waals surface area contributed by atoms with Crippen LogP contribution in [0.3, 0.4) is 0 Å². The molecule has 1 aliphatic rings. The second kappa shape index (κ2) is 7.45. The maximum atomic E-state index is 12.7. The second-order valence-electron chi connectivity index (χ2n) is 6.58. The first-order valence-electron chi connectivity index (χ1n) is 8.42. The Morgan fingerprint density at radius 3 is 2.77 bits per heavy atom. The van der Waals surface area contributed by atoms with E-state index in [1.54, 1.807) is 20.4 Å². The summed E-state index contributed by atoms with van der Waals surface area (Å²) in [5.74, 6) is 0.757. The van der Waals surface area contributed by atoms with E-state index in [-0.39, 0.29) is 23.5 Å². The van der Waals surface area contributed by atoms with E-state index in [1.165, 1.54) is 11.1 Å². The van der Waals surface area contributed by atoms with Gasteiger partial charge in [0.25, 0.3) is 5.91 Å². The quantitative estimate of drug-likeness (QED) is 0.799. The lowest BCUT2D eigenvalue weighted by atomic mass is 10.0. The van der Waals surface area contributed by atoms with Gasteiger partial charge < -0.3 is 9.64 Å². The maximum absolute atomic E-state index is 12.7. The van der Waals surface area contributed by atoms with E-state index in [2.05, 4.69) is 4.98 Å². The summed E-state index contributed by atoms with van der Waals surface area (Å²) in [7, 11) is 0.246. The van der Waals surface area contributed by atoms with Crippen LogP contribution in [0.25, 0.3) is 0 Å². The van der Waals surface area contributed by atoms with Crippen LogP contribution in [-0.4, -0.2) is 55.9 Å². The summed E-state index contributed by atoms with van der Waals surface area (Å²) in [6, 6.07) is 9.29. The number of hydrogen-bond donors (Lipinski definition) is 0. The molecule has 0 unspecified atom stereocenters. The van der Waals surface area contributed by atoms with Crippen molar-refractivity contribution >= 4 is 15.7 Å². The average Bonchev–Trinajstić information content (AvgIpc) is 3.00. The maximum Gasteiger partial charge on any atom is 0.255 e. The molecule has 0 radical (unpaired) electrons. The van der Waals surface area contributed by atoms with Crippen LogP contribution in [0.5, 0.6) is 5.75 Å². The van der Waals surface area contributed by atoms with Gasteiger partial charge in [0.2, 0.25) is 0 Å². The van der Waals surface area contributed by atoms with Crippen molar-refractivity contribution in [3.05, 3.63) is 59.4 Å². The summed E-state index contributed by atoms with van der Waals surface area (Å²) >= 11 is 0. The first kappa shape index (κ1) is 18.4. The largest absolute Gasteiger partial charge is 0.497 e. The molecule has 0 aliphatic carbocycles. The van der Waals surface area contributed by atoms with E-state index in [0.29, 0.717) is 18.4 Å². The molecular weight excluding hydrogens is 352 g/mol. The monoisotopic (exact) mass is 374 g/mol. The number of nitrogens with zero attached hydrogens (tertiary/aromatic N) is 2. The molecule has 2 aromatic rings. The Morgan fingerprint density at radius 1 is 1.27 bits per heavy atom. The molecule has 138 valence electrons. The van der Waals surface area contributed by atoms with E-state index in [0.717, 1.165) is 16.9 Å². The van der Waals surface area contributed by atoms with Crippen molar-refractivity contribution in [3.8, 4) is 5.75 Å². The van der Waals surface area contributed by atoms with Crippen LogP contribution in [0.15, 0.2) is 42.7 Å². The van der Waals surface area contributed by atoms with Crippen LogP contribution in [-0.2, 0) is 16.3 Å². The summed E-state index contributed by atoms with van der Waals surface area (Å²) in [4.78, 5) is 18.4. The lowest BCUT2D eigenvalue weighted by Crippen LogP contribution is -2.37. The zero-order valence-electron chi connectivity index (χ0n) is 14.9. The number of rotatable bonds is 5. The Kier molecular flexibility index (Phi) is 5.27. The minimum absolute atomic E-state index is 0.0339. The standard InChI is InChI=1S/C19H22N2O4S/c1-21(17-6-7-26(23,24)13-17)19(22)16-9-15(11-20-12-16)8-14-4-3-5-18(10-14)25-2/h3-5,9-12,17H,6-8,13H2,1-2H3/t17-/m0/s1. The number of sulfone groups is 1. The molecule has 26 heavy (non-hydrogen) atoms. The molecule has 1 aliphatic heterocycles. The van der Waals surface area contributed by atoms with Crippen molar-refractivity contribution in [2.45, 2.75) is 18.9 Å². The fraction of sp³-hybridized carbons (Fsp3) is 0.368. The van der Waals surface area contributed by atoms with Crippen molar-refractivity contribution in [2.24, 2.45) is 0 Å². The van der Waals surface area contributed by atoms with Crippen LogP contribution in [0.2, 0.25) is 0 Å². The van der Waals surface area contributed by atoms with Gasteiger partial charge in [-0.1, -0.05) is 12.1 Å². The molecular formula is C19H22N2O4S. The highest BCUT2D eigenvalue weighted by atomic mass is 32.2. The number of aromatic nitrogens is 1. The number of amides is 1. The van der Waals surface area contributed by atoms with Crippen molar-refractivity contribution in [2.75, 3.05) is 25.7 Å². The van der Waals surface area contributed by atoms with Crippen molar-refractivity contribution in [3.63, 3.8) is 0 Å². The lowest BCUT2D eigenvalue weighted by Gasteiger charge is -2.23. The van der Waals surface area contributed by atoms with Gasteiger partial charge >= 0.3 is 0 Å². The molecule has 1 saturated heterocycles. The van der Waals surface area contributed by atoms with E-state index >= 15 is 0 Å². The van der Waals surface area contributed by atoms with Gasteiger partial charge in [-0.2, -0.15) is 0 Å². The molecule has 6 nitrogen and oxygen atoms in total. The third-order valence-electron chi connectivity index (χ3n) is 4.66. The van der Waals surface area contributed by atoms with Crippen molar-refractivity contribution in [1.29, 1.82) is 0 Å². The van der Waals surface area contributed by atoms with Gasteiger partial charge in [-0.3, -0.25) is 9.78 Å². The molecule has 0 bridgehead atoms. The molecule has 1 fully saturated rings. The SMILES string of the molecule is COc1cccc(Cc2cncc(C(=O)N(C)[C@H]3CCS(=O)(=O)C3)c2)c1. The summed E-state index contributed by atoms with van der Waals surface area (Å²) < 4.78 is 28.5. The highest BCUT2D eigenvalue weighted by Crippen LogP contribution is 2.20. The predicted molar refractivity (Wildman–Crippen MR) is 99.2 cm³/mol. The molecule has 1 aromatic heterocycles. The first-order valence-corrected chi connectivity index (χ1v) is 10.2. The molecule has 3 rings (SSSR count). The topological polar surface area (TPSA) is 76.6 Å². The fourth-order valence-electron chi connectivity index (χ4n) is 3.17. The molecule has 1 atom stereocenters. The number of hydrogen-bond acceptors (Lipinski definition) is 5. The van der Waals surface area contributed by atoms with E-state index in [9.17, 15) is 13.2 Å². The minimum atomic E-state index is -3.03. The van der Waals surface area contributed by atoms with Crippen LogP contribution in [0.4, 0.5) is 0 Å². The number of methoxy groups -OCH3 is 1. The second-order valence-corrected chi connectivity index (χ2v) is 8.81. The molecule has 0 N–H and O–H groups in total. The summed E-state index contributed by atoms with van der Waals surface area (Å²) in [5.41, 5.74) is 2.44. The van der Waals surface area contributed by atoms with Gasteiger partial charge in [-0.05, 0) is 42.2 Å². The van der Waals surface area contributed by atoms with Crippen molar-refractivity contribution < 1.29 is 17.9 Å². The van der Waals surface area contributed by atoms with Gasteiger partial charge in [0.1, 0.15) is 5.75 Å². The average molecular weight is 374 g/mol. The molecule has 2 heterocycles. The molecule has 0 spiro atoms. The van der Waals surface area contributed by atoms with Crippen molar-refractivity contribution in [1.82, 2.24) is 9.88 Å². The Labute approximate surface area is 153 Å². The summed E-state index contributed by atoms with van der Waals surface area (Å²) in [6.45, 7) is 0. The third-order valence-corrected chi connectivity index (χ3v) is 6.41. The zero-order valence-corrected chi connectivity index (χ0v) is 15.7. The minimum Gasteiger partial charge on any atom is -0.497 e. The highest BCUT2D eigenvalue weighted by molar-refractivity contribution is 7.91. The summed E-state index contributed by atoms with van der Waals surface area (Å²) in [5, 5.41) is 0. The van der Waals surface area contributed by atoms with Crippen LogP contribution in [0.1, 0.15) is 27.9 Å². The lowest BCUT2D eigenvalue weighted by molar-refractivity contribution is 0.0747. The zero-order chi connectivity index (χ0) is 18.7. The smallest absolute Gasteiger partial charge is 0.255 e. The van der Waals surface area contributed by atoms with Gasteiger partial charge in [0, 0.05) is 25.5 Å². The Hall–Kier alpha value is -2.41. The third kappa shape index (κ3) is 4.22. The van der Waals surface area contributed by atoms with Gasteiger partial charge in [0.15, 0.2) is 9.84 Å². The van der Waals surface area contributed by atoms with Gasteiger partial charge in [-0.15, -0.1) is 0 Å². The molecule has 1 aromatic carbocycles. The van der Waals surface area contributed by atoms with Gasteiger partial charge in [-0.25, -0.2) is 8.42 Å². The van der Waals surface area contributed by atoms with E-state index in [4.69, 9.17) is 4.74 Å². The fourth-order valence-corrected chi connectivity index (χ4v) is 4.94. The number of carbonyl (C=O) groups is 1. The molecule has 7 heteroatoms. The van der Waals surface area contributed by atoms with E-state index < -0.39 is 9.84 Å². The normalized spacial score (nSPS) is 18.5.